The summed E-state index contributed by atoms with van der Waals surface area (Å²) in [6.45, 7) is 2.42. The SMILES string of the molecule is CCOc1ccc(-c2noc(-c3nnn(-c4ccccc4C(F)(F)F)c3N)n2)cc1. The van der Waals surface area contributed by atoms with Crippen LogP contribution in [0.1, 0.15) is 12.5 Å². The molecule has 0 saturated heterocycles. The van der Waals surface area contributed by atoms with Gasteiger partial charge in [0.2, 0.25) is 5.82 Å². The Morgan fingerprint density at radius 3 is 2.53 bits per heavy atom. The van der Waals surface area contributed by atoms with E-state index in [4.69, 9.17) is 15.0 Å². The molecule has 0 aliphatic carbocycles. The van der Waals surface area contributed by atoms with Crippen molar-refractivity contribution in [2.45, 2.75) is 13.1 Å². The van der Waals surface area contributed by atoms with E-state index in [1.165, 1.54) is 18.2 Å². The maximum absolute atomic E-state index is 13.3. The van der Waals surface area contributed by atoms with Crippen LogP contribution in [-0.2, 0) is 6.18 Å². The highest BCUT2D eigenvalue weighted by Gasteiger charge is 2.35. The fraction of sp³-hybridized carbons (Fsp3) is 0.158. The van der Waals surface area contributed by atoms with E-state index in [-0.39, 0.29) is 28.9 Å². The van der Waals surface area contributed by atoms with E-state index in [0.29, 0.717) is 17.9 Å². The molecule has 0 saturated carbocycles. The number of anilines is 1. The Balaban J connectivity index is 1.68. The van der Waals surface area contributed by atoms with Crippen molar-refractivity contribution >= 4 is 5.82 Å². The molecule has 4 rings (SSSR count). The molecule has 2 aromatic heterocycles. The second-order valence-electron chi connectivity index (χ2n) is 6.13. The largest absolute Gasteiger partial charge is 0.494 e. The summed E-state index contributed by atoms with van der Waals surface area (Å²) in [5.74, 6) is 0.735. The van der Waals surface area contributed by atoms with Gasteiger partial charge in [-0.2, -0.15) is 22.8 Å². The van der Waals surface area contributed by atoms with Crippen molar-refractivity contribution in [3.05, 3.63) is 54.1 Å². The average Bonchev–Trinajstić information content (AvgIpc) is 3.35. The van der Waals surface area contributed by atoms with Gasteiger partial charge in [-0.25, -0.2) is 0 Å². The van der Waals surface area contributed by atoms with Gasteiger partial charge in [0.05, 0.1) is 17.9 Å². The second-order valence-corrected chi connectivity index (χ2v) is 6.13. The number of aromatic nitrogens is 5. The Kier molecular flexibility index (Phi) is 4.86. The fourth-order valence-corrected chi connectivity index (χ4v) is 2.82. The molecule has 0 fully saturated rings. The van der Waals surface area contributed by atoms with Gasteiger partial charge in [-0.15, -0.1) is 5.10 Å². The van der Waals surface area contributed by atoms with Crippen molar-refractivity contribution in [2.75, 3.05) is 12.3 Å². The van der Waals surface area contributed by atoms with E-state index in [1.54, 1.807) is 24.3 Å². The van der Waals surface area contributed by atoms with Gasteiger partial charge in [0, 0.05) is 5.56 Å². The molecule has 0 amide bonds. The molecule has 11 heteroatoms. The molecule has 4 aromatic rings. The standard InChI is InChI=1S/C19H15F3N6O2/c1-2-29-12-9-7-11(8-10-12)17-24-18(30-26-17)15-16(23)28(27-25-15)14-6-4-3-5-13(14)19(20,21)22/h3-10H,2,23H2,1H3. The molecule has 0 bridgehead atoms. The van der Waals surface area contributed by atoms with Gasteiger partial charge >= 0.3 is 6.18 Å². The Morgan fingerprint density at radius 1 is 1.10 bits per heavy atom. The number of nitrogen functional groups attached to an aromatic ring is 1. The molecule has 2 N–H and O–H groups in total. The molecular formula is C19H15F3N6O2. The molecule has 154 valence electrons. The van der Waals surface area contributed by atoms with Crippen LogP contribution in [0.4, 0.5) is 19.0 Å². The Hall–Kier alpha value is -3.89. The summed E-state index contributed by atoms with van der Waals surface area (Å²) >= 11 is 0. The lowest BCUT2D eigenvalue weighted by Crippen LogP contribution is -2.12. The van der Waals surface area contributed by atoms with Crippen molar-refractivity contribution < 1.29 is 22.4 Å². The monoisotopic (exact) mass is 416 g/mol. The summed E-state index contributed by atoms with van der Waals surface area (Å²) in [6, 6.07) is 11.9. The molecule has 0 atom stereocenters. The van der Waals surface area contributed by atoms with E-state index < -0.39 is 11.7 Å². The van der Waals surface area contributed by atoms with Crippen molar-refractivity contribution in [1.29, 1.82) is 0 Å². The van der Waals surface area contributed by atoms with Gasteiger partial charge in [0.25, 0.3) is 5.89 Å². The highest BCUT2D eigenvalue weighted by atomic mass is 19.4. The number of hydrogen-bond donors (Lipinski definition) is 1. The van der Waals surface area contributed by atoms with Crippen LogP contribution in [0.5, 0.6) is 5.75 Å². The van der Waals surface area contributed by atoms with Gasteiger partial charge in [0.15, 0.2) is 11.5 Å². The molecular weight excluding hydrogens is 401 g/mol. The second kappa shape index (κ2) is 7.50. The van der Waals surface area contributed by atoms with Crippen LogP contribution in [0.25, 0.3) is 28.7 Å². The van der Waals surface area contributed by atoms with Gasteiger partial charge in [0.1, 0.15) is 5.75 Å². The zero-order chi connectivity index (χ0) is 21.3. The zero-order valence-corrected chi connectivity index (χ0v) is 15.6. The van der Waals surface area contributed by atoms with Crippen LogP contribution in [0, 0.1) is 0 Å². The van der Waals surface area contributed by atoms with Crippen molar-refractivity contribution in [3.8, 4) is 34.4 Å². The number of nitrogens with two attached hydrogens (primary N) is 1. The normalized spacial score (nSPS) is 11.6. The smallest absolute Gasteiger partial charge is 0.418 e. The van der Waals surface area contributed by atoms with Gasteiger partial charge in [-0.1, -0.05) is 22.5 Å². The topological polar surface area (TPSA) is 105 Å². The molecule has 0 spiro atoms. The predicted octanol–water partition coefficient (Wildman–Crippen LogP) is 3.98. The lowest BCUT2D eigenvalue weighted by Gasteiger charge is -2.12. The number of benzene rings is 2. The first kappa shape index (κ1) is 19.4. The minimum atomic E-state index is -4.58. The maximum Gasteiger partial charge on any atom is 0.418 e. The van der Waals surface area contributed by atoms with E-state index in [0.717, 1.165) is 10.7 Å². The molecule has 30 heavy (non-hydrogen) atoms. The van der Waals surface area contributed by atoms with E-state index in [1.807, 2.05) is 6.92 Å². The number of para-hydroxylation sites is 1. The first-order valence-electron chi connectivity index (χ1n) is 8.83. The Morgan fingerprint density at radius 2 is 1.83 bits per heavy atom. The molecule has 2 heterocycles. The number of ether oxygens (including phenoxy) is 1. The summed E-state index contributed by atoms with van der Waals surface area (Å²) in [7, 11) is 0. The lowest BCUT2D eigenvalue weighted by atomic mass is 10.1. The molecule has 0 unspecified atom stereocenters. The Labute approximate surface area is 168 Å². The summed E-state index contributed by atoms with van der Waals surface area (Å²) in [5.41, 5.74) is 5.49. The third kappa shape index (κ3) is 3.56. The number of alkyl halides is 3. The number of nitrogens with zero attached hydrogens (tertiary/aromatic N) is 5. The highest BCUT2D eigenvalue weighted by Crippen LogP contribution is 2.35. The van der Waals surface area contributed by atoms with E-state index in [2.05, 4.69) is 20.5 Å². The molecule has 0 aliphatic rings. The van der Waals surface area contributed by atoms with E-state index >= 15 is 0 Å². The van der Waals surface area contributed by atoms with Crippen molar-refractivity contribution in [1.82, 2.24) is 25.1 Å². The van der Waals surface area contributed by atoms with Crippen LogP contribution in [0.2, 0.25) is 0 Å². The van der Waals surface area contributed by atoms with Crippen LogP contribution in [-0.4, -0.2) is 31.7 Å². The van der Waals surface area contributed by atoms with Gasteiger partial charge in [-0.3, -0.25) is 0 Å². The van der Waals surface area contributed by atoms with Gasteiger partial charge in [-0.05, 0) is 43.3 Å². The predicted molar refractivity (Wildman–Crippen MR) is 101 cm³/mol. The summed E-state index contributed by atoms with van der Waals surface area (Å²) in [6.07, 6.45) is -4.58. The van der Waals surface area contributed by atoms with Crippen molar-refractivity contribution in [2.24, 2.45) is 0 Å². The van der Waals surface area contributed by atoms with Gasteiger partial charge < -0.3 is 15.0 Å². The lowest BCUT2D eigenvalue weighted by molar-refractivity contribution is -0.137. The minimum absolute atomic E-state index is 0.0170. The van der Waals surface area contributed by atoms with Crippen LogP contribution in [0.3, 0.4) is 0 Å². The highest BCUT2D eigenvalue weighted by molar-refractivity contribution is 5.67. The molecule has 0 radical (unpaired) electrons. The first-order chi connectivity index (χ1) is 14.4. The summed E-state index contributed by atoms with van der Waals surface area (Å²) in [4.78, 5) is 4.23. The average molecular weight is 416 g/mol. The maximum atomic E-state index is 13.3. The Bertz CT molecular complexity index is 1170. The number of halogens is 3. The van der Waals surface area contributed by atoms with Crippen LogP contribution < -0.4 is 10.5 Å². The number of rotatable bonds is 5. The van der Waals surface area contributed by atoms with Crippen LogP contribution in [0.15, 0.2) is 53.1 Å². The van der Waals surface area contributed by atoms with Crippen LogP contribution >= 0.6 is 0 Å². The fourth-order valence-electron chi connectivity index (χ4n) is 2.82. The summed E-state index contributed by atoms with van der Waals surface area (Å²) < 4.78 is 51.4. The summed E-state index contributed by atoms with van der Waals surface area (Å²) in [5, 5.41) is 11.5. The molecule has 8 nitrogen and oxygen atoms in total. The molecule has 0 aliphatic heterocycles. The third-order valence-electron chi connectivity index (χ3n) is 4.19. The third-order valence-corrected chi connectivity index (χ3v) is 4.19. The van der Waals surface area contributed by atoms with Crippen molar-refractivity contribution in [3.63, 3.8) is 0 Å². The minimum Gasteiger partial charge on any atom is -0.494 e. The quantitative estimate of drug-likeness (QED) is 0.525. The zero-order valence-electron chi connectivity index (χ0n) is 15.6. The number of hydrogen-bond acceptors (Lipinski definition) is 7. The first-order valence-corrected chi connectivity index (χ1v) is 8.83. The van der Waals surface area contributed by atoms with E-state index in [9.17, 15) is 13.2 Å². The molecule has 2 aromatic carbocycles.